The van der Waals surface area contributed by atoms with E-state index in [1.165, 1.54) is 6.26 Å². The van der Waals surface area contributed by atoms with Crippen LogP contribution in [0.5, 0.6) is 0 Å². The van der Waals surface area contributed by atoms with Crippen molar-refractivity contribution in [3.05, 3.63) is 35.0 Å². The third-order valence-corrected chi connectivity index (χ3v) is 6.35. The van der Waals surface area contributed by atoms with Crippen LogP contribution in [-0.4, -0.2) is 51.4 Å². The van der Waals surface area contributed by atoms with Gasteiger partial charge in [-0.1, -0.05) is 58.4 Å². The van der Waals surface area contributed by atoms with Crippen molar-refractivity contribution in [2.24, 2.45) is 16.4 Å². The van der Waals surface area contributed by atoms with Crippen LogP contribution < -0.4 is 10.7 Å². The van der Waals surface area contributed by atoms with E-state index in [0.29, 0.717) is 19.0 Å². The summed E-state index contributed by atoms with van der Waals surface area (Å²) in [6, 6.07) is 0. The van der Waals surface area contributed by atoms with Crippen molar-refractivity contribution in [3.63, 3.8) is 0 Å². The summed E-state index contributed by atoms with van der Waals surface area (Å²) in [5.74, 6) is 0.334. The molecule has 1 saturated heterocycles. The third-order valence-electron chi connectivity index (χ3n) is 4.92. The zero-order chi connectivity index (χ0) is 23.2. The maximum atomic E-state index is 11.3. The molecule has 174 valence electrons. The Morgan fingerprint density at radius 3 is 2.50 bits per heavy atom. The summed E-state index contributed by atoms with van der Waals surface area (Å²) in [5, 5.41) is 7.99. The summed E-state index contributed by atoms with van der Waals surface area (Å²) in [5.41, 5.74) is 4.01. The Morgan fingerprint density at radius 2 is 1.97 bits per heavy atom. The van der Waals surface area contributed by atoms with Gasteiger partial charge in [-0.2, -0.15) is 5.10 Å². The zero-order valence-electron chi connectivity index (χ0n) is 19.7. The summed E-state index contributed by atoms with van der Waals surface area (Å²) < 4.78 is 24.1. The molecule has 2 aliphatic rings. The second-order valence-electron chi connectivity index (χ2n) is 7.50. The minimum Gasteiger partial charge on any atom is -0.317 e. The topological polar surface area (TPSA) is 73.8 Å². The molecule has 2 N–H and O–H groups in total. The highest BCUT2D eigenvalue weighted by Gasteiger charge is 2.44. The van der Waals surface area contributed by atoms with Crippen LogP contribution in [0.3, 0.4) is 0 Å². The fourth-order valence-corrected chi connectivity index (χ4v) is 4.41. The standard InChI is InChI=1S/C10H13ClN2.C10H22N2O2S.C2H6/c1-8-4-3-5-12-13-9(2)7-10(11)6-8;1-4-10(6-7-11-5-2)8-12(9-10)15(3,13)14;1-2/h3-8,13H,1-2H3;11H,4-9H2,1-3H3;1-2H3/b4-3?,9-7+,10-6+,12-5-;;. The molecule has 6 nitrogen and oxygen atoms in total. The largest absolute Gasteiger partial charge is 0.317 e. The van der Waals surface area contributed by atoms with Crippen molar-refractivity contribution in [1.29, 1.82) is 0 Å². The van der Waals surface area contributed by atoms with Gasteiger partial charge in [0.25, 0.3) is 0 Å². The van der Waals surface area contributed by atoms with Crippen molar-refractivity contribution in [3.8, 4) is 0 Å². The molecule has 2 rings (SSSR count). The first-order chi connectivity index (χ1) is 14.1. The van der Waals surface area contributed by atoms with Crippen LogP contribution in [0.4, 0.5) is 0 Å². The Bertz CT molecular complexity index is 709. The number of allylic oxidation sites excluding steroid dienone is 6. The maximum Gasteiger partial charge on any atom is 0.211 e. The van der Waals surface area contributed by atoms with Gasteiger partial charge in [0.2, 0.25) is 10.0 Å². The fraction of sp³-hybridized carbons (Fsp3) is 0.682. The van der Waals surface area contributed by atoms with Gasteiger partial charge in [-0.05, 0) is 56.3 Å². The smallest absolute Gasteiger partial charge is 0.211 e. The van der Waals surface area contributed by atoms with Gasteiger partial charge in [-0.25, -0.2) is 12.7 Å². The minimum absolute atomic E-state index is 0.227. The SMILES string of the molecule is C/C1=C\C(Cl)=C/C(C)C=C/C=N\N1.CC.CCNCCC1(CC)CN(S(C)(=O)=O)C1. The first-order valence-corrected chi connectivity index (χ1v) is 13.0. The third kappa shape index (κ3) is 11.3. The predicted molar refractivity (Wildman–Crippen MR) is 131 cm³/mol. The lowest BCUT2D eigenvalue weighted by atomic mass is 9.76. The molecule has 0 aromatic carbocycles. The van der Waals surface area contributed by atoms with Gasteiger partial charge in [0, 0.05) is 30.0 Å². The Morgan fingerprint density at radius 1 is 1.33 bits per heavy atom. The van der Waals surface area contributed by atoms with Crippen LogP contribution in [0.25, 0.3) is 0 Å². The molecule has 0 aromatic heterocycles. The molecule has 0 bridgehead atoms. The lowest BCUT2D eigenvalue weighted by Crippen LogP contribution is -2.58. The summed E-state index contributed by atoms with van der Waals surface area (Å²) in [7, 11) is -2.96. The van der Waals surface area contributed by atoms with E-state index >= 15 is 0 Å². The number of sulfonamides is 1. The Balaban J connectivity index is 0.000000522. The van der Waals surface area contributed by atoms with E-state index in [-0.39, 0.29) is 5.41 Å². The Hall–Kier alpha value is -1.15. The fourth-order valence-electron chi connectivity index (χ4n) is 3.03. The van der Waals surface area contributed by atoms with Gasteiger partial charge < -0.3 is 5.32 Å². The van der Waals surface area contributed by atoms with Gasteiger partial charge in [0.05, 0.1) is 6.26 Å². The molecule has 0 amide bonds. The minimum atomic E-state index is -2.96. The lowest BCUT2D eigenvalue weighted by Gasteiger charge is -2.48. The molecule has 0 radical (unpaired) electrons. The maximum absolute atomic E-state index is 11.3. The summed E-state index contributed by atoms with van der Waals surface area (Å²) >= 11 is 5.97. The molecular weight excluding hydrogens is 420 g/mol. The van der Waals surface area contributed by atoms with Crippen molar-refractivity contribution < 1.29 is 8.42 Å². The van der Waals surface area contributed by atoms with Crippen LogP contribution in [0.15, 0.2) is 40.1 Å². The molecule has 2 aliphatic heterocycles. The molecule has 1 fully saturated rings. The number of nitrogens with zero attached hydrogens (tertiary/aromatic N) is 2. The van der Waals surface area contributed by atoms with Crippen LogP contribution in [-0.2, 0) is 10.0 Å². The van der Waals surface area contributed by atoms with Gasteiger partial charge in [0.1, 0.15) is 0 Å². The van der Waals surface area contributed by atoms with Crippen molar-refractivity contribution in [2.45, 2.75) is 54.4 Å². The van der Waals surface area contributed by atoms with Crippen LogP contribution in [0.2, 0.25) is 0 Å². The summed E-state index contributed by atoms with van der Waals surface area (Å²) in [6.45, 7) is 15.6. The quantitative estimate of drug-likeness (QED) is 0.573. The molecule has 1 unspecified atom stereocenters. The van der Waals surface area contributed by atoms with Crippen LogP contribution in [0.1, 0.15) is 54.4 Å². The predicted octanol–water partition coefficient (Wildman–Crippen LogP) is 4.48. The highest BCUT2D eigenvalue weighted by molar-refractivity contribution is 7.88. The molecule has 0 aromatic rings. The molecule has 30 heavy (non-hydrogen) atoms. The zero-order valence-corrected chi connectivity index (χ0v) is 21.3. The van der Waals surface area contributed by atoms with Crippen molar-refractivity contribution in [2.75, 3.05) is 32.4 Å². The number of hydrazone groups is 1. The second kappa shape index (κ2) is 14.8. The molecular formula is C22H41ClN4O2S. The average molecular weight is 461 g/mol. The monoisotopic (exact) mass is 460 g/mol. The summed E-state index contributed by atoms with van der Waals surface area (Å²) in [4.78, 5) is 0. The van der Waals surface area contributed by atoms with Gasteiger partial charge in [-0.15, -0.1) is 0 Å². The van der Waals surface area contributed by atoms with Gasteiger partial charge >= 0.3 is 0 Å². The van der Waals surface area contributed by atoms with Crippen molar-refractivity contribution >= 4 is 27.8 Å². The van der Waals surface area contributed by atoms with E-state index in [9.17, 15) is 8.42 Å². The van der Waals surface area contributed by atoms with Crippen LogP contribution in [0, 0.1) is 11.3 Å². The van der Waals surface area contributed by atoms with Gasteiger partial charge in [0.15, 0.2) is 0 Å². The molecule has 8 heteroatoms. The van der Waals surface area contributed by atoms with E-state index in [0.717, 1.165) is 36.7 Å². The summed E-state index contributed by atoms with van der Waals surface area (Å²) in [6.07, 6.45) is 12.9. The molecule has 2 heterocycles. The highest BCUT2D eigenvalue weighted by Crippen LogP contribution is 2.38. The average Bonchev–Trinajstić information content (AvgIpc) is 2.64. The molecule has 1 atom stereocenters. The number of halogens is 1. The number of nitrogens with one attached hydrogen (secondary N) is 2. The molecule has 0 aliphatic carbocycles. The second-order valence-corrected chi connectivity index (χ2v) is 9.92. The van der Waals surface area contributed by atoms with E-state index in [2.05, 4.69) is 36.6 Å². The van der Waals surface area contributed by atoms with E-state index in [1.54, 1.807) is 10.5 Å². The van der Waals surface area contributed by atoms with E-state index in [4.69, 9.17) is 11.6 Å². The molecule has 0 spiro atoms. The molecule has 0 saturated carbocycles. The number of hydrogen-bond acceptors (Lipinski definition) is 5. The normalized spacial score (nSPS) is 25.4. The first-order valence-electron chi connectivity index (χ1n) is 10.8. The van der Waals surface area contributed by atoms with Crippen molar-refractivity contribution in [1.82, 2.24) is 15.0 Å². The first kappa shape index (κ1) is 28.9. The Kier molecular flexibility index (Phi) is 14.2. The Labute approximate surface area is 189 Å². The van der Waals surface area contributed by atoms with E-state index < -0.39 is 10.0 Å². The number of rotatable bonds is 6. The van der Waals surface area contributed by atoms with Crippen LogP contribution >= 0.6 is 11.6 Å². The highest BCUT2D eigenvalue weighted by atomic mass is 35.5. The number of hydrogen-bond donors (Lipinski definition) is 2. The van der Waals surface area contributed by atoms with Gasteiger partial charge in [-0.3, -0.25) is 5.43 Å². The lowest BCUT2D eigenvalue weighted by molar-refractivity contribution is 0.0571. The van der Waals surface area contributed by atoms with E-state index in [1.807, 2.05) is 45.1 Å².